The normalized spacial score (nSPS) is 13.1. The summed E-state index contributed by atoms with van der Waals surface area (Å²) in [5.74, 6) is 0. The second kappa shape index (κ2) is 4.20. The summed E-state index contributed by atoms with van der Waals surface area (Å²) in [6.07, 6.45) is -0.941. The predicted octanol–water partition coefficient (Wildman–Crippen LogP) is 5.06. The van der Waals surface area contributed by atoms with E-state index in [4.69, 9.17) is 0 Å². The predicted molar refractivity (Wildman–Crippen MR) is 72.5 cm³/mol. The summed E-state index contributed by atoms with van der Waals surface area (Å²) < 4.78 is 14.6. The smallest absolute Gasteiger partial charge is 0.125 e. The Hall–Kier alpha value is -1.26. The van der Waals surface area contributed by atoms with Gasteiger partial charge in [0.1, 0.15) is 11.2 Å². The van der Waals surface area contributed by atoms with Crippen LogP contribution in [0.3, 0.4) is 0 Å². The number of fused-ring (bicyclic) bond motifs is 1. The molecule has 0 N–H and O–H groups in total. The van der Waals surface area contributed by atoms with E-state index in [0.29, 0.717) is 0 Å². The van der Waals surface area contributed by atoms with E-state index in [0.717, 1.165) is 26.4 Å². The molecular formula is C13H10FNS2. The van der Waals surface area contributed by atoms with Gasteiger partial charge >= 0.3 is 0 Å². The average molecular weight is 263 g/mol. The van der Waals surface area contributed by atoms with Crippen molar-refractivity contribution in [2.45, 2.75) is 13.1 Å². The fourth-order valence-corrected chi connectivity index (χ4v) is 3.77. The second-order valence-electron chi connectivity index (χ2n) is 3.84. The standard InChI is InChI=1S/C13H10FNS2/c1-8(14)9-6-16-7-10(9)13-15-11-4-2-3-5-12(11)17-13/h2-8H,1H3. The Morgan fingerprint density at radius 3 is 2.82 bits per heavy atom. The quantitative estimate of drug-likeness (QED) is 0.630. The van der Waals surface area contributed by atoms with Crippen molar-refractivity contribution in [1.29, 1.82) is 0 Å². The number of hydrogen-bond donors (Lipinski definition) is 0. The Labute approximate surface area is 107 Å². The molecule has 4 heteroatoms. The number of hydrogen-bond acceptors (Lipinski definition) is 3. The summed E-state index contributed by atoms with van der Waals surface area (Å²) in [5, 5.41) is 4.75. The Bertz CT molecular complexity index is 621. The highest BCUT2D eigenvalue weighted by Crippen LogP contribution is 2.37. The van der Waals surface area contributed by atoms with Gasteiger partial charge < -0.3 is 0 Å². The van der Waals surface area contributed by atoms with E-state index in [1.807, 2.05) is 35.0 Å². The van der Waals surface area contributed by atoms with Crippen LogP contribution in [-0.2, 0) is 0 Å². The maximum Gasteiger partial charge on any atom is 0.125 e. The summed E-state index contributed by atoms with van der Waals surface area (Å²) in [6.45, 7) is 1.57. The molecule has 2 aromatic heterocycles. The van der Waals surface area contributed by atoms with Crippen molar-refractivity contribution >= 4 is 32.9 Å². The molecule has 0 radical (unpaired) electrons. The molecule has 0 bridgehead atoms. The third-order valence-corrected chi connectivity index (χ3v) is 4.48. The van der Waals surface area contributed by atoms with Gasteiger partial charge in [-0.05, 0) is 24.4 Å². The lowest BCUT2D eigenvalue weighted by Gasteiger charge is -2.00. The maximum atomic E-state index is 13.5. The van der Waals surface area contributed by atoms with Crippen LogP contribution in [0.4, 0.5) is 4.39 Å². The molecule has 1 unspecified atom stereocenters. The van der Waals surface area contributed by atoms with E-state index in [1.54, 1.807) is 18.3 Å². The second-order valence-corrected chi connectivity index (χ2v) is 5.62. The molecule has 0 aliphatic carbocycles. The van der Waals surface area contributed by atoms with Crippen LogP contribution >= 0.6 is 22.7 Å². The molecule has 3 aromatic rings. The van der Waals surface area contributed by atoms with Crippen LogP contribution in [0.2, 0.25) is 0 Å². The van der Waals surface area contributed by atoms with E-state index in [-0.39, 0.29) is 0 Å². The SMILES string of the molecule is CC(F)c1cscc1-c1nc2ccccc2s1. The number of nitrogens with zero attached hydrogens (tertiary/aromatic N) is 1. The van der Waals surface area contributed by atoms with Gasteiger partial charge in [-0.1, -0.05) is 12.1 Å². The molecule has 0 saturated heterocycles. The fraction of sp³-hybridized carbons (Fsp3) is 0.154. The molecule has 0 aliphatic rings. The minimum absolute atomic E-state index is 0.744. The summed E-state index contributed by atoms with van der Waals surface area (Å²) in [5.41, 5.74) is 2.66. The minimum Gasteiger partial charge on any atom is -0.243 e. The van der Waals surface area contributed by atoms with Crippen molar-refractivity contribution in [3.8, 4) is 10.6 Å². The van der Waals surface area contributed by atoms with Gasteiger partial charge in [-0.3, -0.25) is 0 Å². The van der Waals surface area contributed by atoms with Crippen LogP contribution < -0.4 is 0 Å². The maximum absolute atomic E-state index is 13.5. The van der Waals surface area contributed by atoms with Crippen LogP contribution in [0.5, 0.6) is 0 Å². The van der Waals surface area contributed by atoms with E-state index in [1.165, 1.54) is 11.3 Å². The van der Waals surface area contributed by atoms with Gasteiger partial charge in [-0.2, -0.15) is 11.3 Å². The van der Waals surface area contributed by atoms with Crippen molar-refractivity contribution in [3.63, 3.8) is 0 Å². The molecule has 3 rings (SSSR count). The first-order valence-corrected chi connectivity index (χ1v) is 7.08. The van der Waals surface area contributed by atoms with Gasteiger partial charge in [-0.15, -0.1) is 11.3 Å². The van der Waals surface area contributed by atoms with Crippen LogP contribution in [0.15, 0.2) is 35.0 Å². The monoisotopic (exact) mass is 263 g/mol. The Balaban J connectivity index is 2.17. The Morgan fingerprint density at radius 2 is 2.06 bits per heavy atom. The van der Waals surface area contributed by atoms with Crippen LogP contribution in [0, 0.1) is 0 Å². The van der Waals surface area contributed by atoms with Crippen molar-refractivity contribution in [3.05, 3.63) is 40.6 Å². The lowest BCUT2D eigenvalue weighted by Crippen LogP contribution is -1.85. The van der Waals surface area contributed by atoms with Gasteiger partial charge in [0.2, 0.25) is 0 Å². The highest BCUT2D eigenvalue weighted by Gasteiger charge is 2.15. The van der Waals surface area contributed by atoms with Crippen LogP contribution in [-0.4, -0.2) is 4.98 Å². The molecule has 0 aliphatic heterocycles. The third kappa shape index (κ3) is 1.87. The van der Waals surface area contributed by atoms with E-state index < -0.39 is 6.17 Å². The molecule has 0 saturated carbocycles. The molecule has 2 heterocycles. The van der Waals surface area contributed by atoms with Crippen molar-refractivity contribution in [2.24, 2.45) is 0 Å². The molecule has 0 spiro atoms. The highest BCUT2D eigenvalue weighted by molar-refractivity contribution is 7.22. The topological polar surface area (TPSA) is 12.9 Å². The summed E-state index contributed by atoms with van der Waals surface area (Å²) in [7, 11) is 0. The van der Waals surface area contributed by atoms with Crippen molar-refractivity contribution in [1.82, 2.24) is 4.98 Å². The van der Waals surface area contributed by atoms with Crippen molar-refractivity contribution in [2.75, 3.05) is 0 Å². The van der Waals surface area contributed by atoms with Gasteiger partial charge in [0, 0.05) is 16.5 Å². The summed E-state index contributed by atoms with van der Waals surface area (Å²) >= 11 is 3.14. The number of aromatic nitrogens is 1. The Morgan fingerprint density at radius 1 is 1.24 bits per heavy atom. The number of thiazole rings is 1. The lowest BCUT2D eigenvalue weighted by atomic mass is 10.1. The average Bonchev–Trinajstić information content (AvgIpc) is 2.95. The number of thiophene rings is 1. The summed E-state index contributed by atoms with van der Waals surface area (Å²) in [6, 6.07) is 8.00. The van der Waals surface area contributed by atoms with E-state index >= 15 is 0 Å². The molecule has 1 aromatic carbocycles. The van der Waals surface area contributed by atoms with E-state index in [2.05, 4.69) is 4.98 Å². The fourth-order valence-electron chi connectivity index (χ4n) is 1.78. The molecular weight excluding hydrogens is 253 g/mol. The third-order valence-electron chi connectivity index (χ3n) is 2.64. The minimum atomic E-state index is -0.941. The number of benzene rings is 1. The number of halogens is 1. The molecule has 86 valence electrons. The molecule has 17 heavy (non-hydrogen) atoms. The zero-order chi connectivity index (χ0) is 11.8. The van der Waals surface area contributed by atoms with Crippen LogP contribution in [0.25, 0.3) is 20.8 Å². The molecule has 0 fully saturated rings. The molecule has 1 nitrogen and oxygen atoms in total. The number of rotatable bonds is 2. The zero-order valence-corrected chi connectivity index (χ0v) is 10.8. The largest absolute Gasteiger partial charge is 0.243 e. The number of alkyl halides is 1. The van der Waals surface area contributed by atoms with Gasteiger partial charge in [0.25, 0.3) is 0 Å². The summed E-state index contributed by atoms with van der Waals surface area (Å²) in [4.78, 5) is 4.56. The van der Waals surface area contributed by atoms with Gasteiger partial charge in [-0.25, -0.2) is 9.37 Å². The first-order chi connectivity index (χ1) is 8.25. The highest BCUT2D eigenvalue weighted by atomic mass is 32.1. The molecule has 0 amide bonds. The molecule has 1 atom stereocenters. The first-order valence-electron chi connectivity index (χ1n) is 5.32. The van der Waals surface area contributed by atoms with Crippen LogP contribution in [0.1, 0.15) is 18.7 Å². The Kier molecular flexibility index (Phi) is 2.68. The van der Waals surface area contributed by atoms with E-state index in [9.17, 15) is 4.39 Å². The zero-order valence-electron chi connectivity index (χ0n) is 9.18. The van der Waals surface area contributed by atoms with Gasteiger partial charge in [0.05, 0.1) is 10.2 Å². The van der Waals surface area contributed by atoms with Crippen molar-refractivity contribution < 1.29 is 4.39 Å². The lowest BCUT2D eigenvalue weighted by molar-refractivity contribution is 0.376. The first kappa shape index (κ1) is 10.9. The number of para-hydroxylation sites is 1. The van der Waals surface area contributed by atoms with Gasteiger partial charge in [0.15, 0.2) is 0 Å².